The molecule has 3 rings (SSSR count). The first-order chi connectivity index (χ1) is 12.3. The third kappa shape index (κ3) is 4.56. The number of anilines is 1. The number of carbonyl (C=O) groups excluding carboxylic acids is 1. The maximum absolute atomic E-state index is 12.6. The van der Waals surface area contributed by atoms with Crippen molar-refractivity contribution in [2.24, 2.45) is 0 Å². The number of pyridine rings is 2. The minimum Gasteiger partial charge on any atom is -0.489 e. The predicted octanol–water partition coefficient (Wildman–Crippen LogP) is 2.76. The predicted molar refractivity (Wildman–Crippen MR) is 96.7 cm³/mol. The number of rotatable bonds is 6. The lowest BCUT2D eigenvalue weighted by Crippen LogP contribution is -2.41. The highest BCUT2D eigenvalue weighted by molar-refractivity contribution is 5.94. The van der Waals surface area contributed by atoms with Gasteiger partial charge in [-0.05, 0) is 24.3 Å². The van der Waals surface area contributed by atoms with Gasteiger partial charge in [0, 0.05) is 44.9 Å². The number of amides is 1. The van der Waals surface area contributed by atoms with Gasteiger partial charge in [-0.1, -0.05) is 6.08 Å². The molecule has 0 atom stereocenters. The summed E-state index contributed by atoms with van der Waals surface area (Å²) >= 11 is 0. The molecule has 1 saturated heterocycles. The van der Waals surface area contributed by atoms with Crippen LogP contribution in [-0.4, -0.2) is 46.5 Å². The van der Waals surface area contributed by atoms with Crippen LogP contribution in [0.1, 0.15) is 23.2 Å². The maximum atomic E-state index is 12.6. The molecule has 1 aliphatic rings. The molecule has 25 heavy (non-hydrogen) atoms. The molecule has 0 unspecified atom stereocenters. The molecule has 1 fully saturated rings. The first-order valence-electron chi connectivity index (χ1n) is 8.43. The fourth-order valence-corrected chi connectivity index (χ4v) is 2.77. The first kappa shape index (κ1) is 17.0. The summed E-state index contributed by atoms with van der Waals surface area (Å²) in [6, 6.07) is 7.38. The molecular formula is C19H22N4O2. The van der Waals surface area contributed by atoms with Gasteiger partial charge < -0.3 is 15.0 Å². The van der Waals surface area contributed by atoms with E-state index in [2.05, 4.69) is 21.9 Å². The van der Waals surface area contributed by atoms with Crippen LogP contribution >= 0.6 is 0 Å². The van der Waals surface area contributed by atoms with E-state index in [9.17, 15) is 4.79 Å². The summed E-state index contributed by atoms with van der Waals surface area (Å²) < 4.78 is 5.91. The Balaban J connectivity index is 1.51. The zero-order chi connectivity index (χ0) is 17.5. The standard InChI is InChI=1S/C19H22N4O2/c1-2-9-21-18-6-5-15(13-22-18)19(24)23-11-7-16(8-12-23)25-17-4-3-10-20-14-17/h2-6,10,13-14,16H,1,7-9,11-12H2,(H,21,22). The first-order valence-corrected chi connectivity index (χ1v) is 8.43. The molecule has 0 bridgehead atoms. The quantitative estimate of drug-likeness (QED) is 0.820. The van der Waals surface area contributed by atoms with Crippen molar-refractivity contribution < 1.29 is 9.53 Å². The smallest absolute Gasteiger partial charge is 0.255 e. The second-order valence-corrected chi connectivity index (χ2v) is 5.90. The van der Waals surface area contributed by atoms with E-state index in [1.54, 1.807) is 30.7 Å². The monoisotopic (exact) mass is 338 g/mol. The van der Waals surface area contributed by atoms with Crippen LogP contribution in [0.3, 0.4) is 0 Å². The average molecular weight is 338 g/mol. The van der Waals surface area contributed by atoms with Crippen molar-refractivity contribution >= 4 is 11.7 Å². The number of piperidine rings is 1. The van der Waals surface area contributed by atoms with Crippen LogP contribution in [0.5, 0.6) is 5.75 Å². The highest BCUT2D eigenvalue weighted by atomic mass is 16.5. The zero-order valence-corrected chi connectivity index (χ0v) is 14.1. The molecule has 1 aliphatic heterocycles. The Hall–Kier alpha value is -2.89. The molecule has 1 amide bonds. The SMILES string of the molecule is C=CCNc1ccc(C(=O)N2CCC(Oc3cccnc3)CC2)cn1. The van der Waals surface area contributed by atoms with Crippen LogP contribution in [-0.2, 0) is 0 Å². The molecule has 2 aromatic heterocycles. The van der Waals surface area contributed by atoms with Gasteiger partial charge in [0.05, 0.1) is 11.8 Å². The summed E-state index contributed by atoms with van der Waals surface area (Å²) in [5.74, 6) is 1.53. The number of carbonyl (C=O) groups is 1. The number of hydrogen-bond acceptors (Lipinski definition) is 5. The number of nitrogens with one attached hydrogen (secondary N) is 1. The van der Waals surface area contributed by atoms with Crippen LogP contribution in [0.4, 0.5) is 5.82 Å². The van der Waals surface area contributed by atoms with Gasteiger partial charge in [-0.2, -0.15) is 0 Å². The Labute approximate surface area is 147 Å². The Bertz CT molecular complexity index is 695. The summed E-state index contributed by atoms with van der Waals surface area (Å²) in [5, 5.41) is 3.09. The normalized spacial score (nSPS) is 14.8. The molecule has 6 heteroatoms. The van der Waals surface area contributed by atoms with E-state index in [4.69, 9.17) is 4.74 Å². The average Bonchev–Trinajstić information content (AvgIpc) is 2.68. The molecule has 0 spiro atoms. The third-order valence-corrected chi connectivity index (χ3v) is 4.10. The Morgan fingerprint density at radius 1 is 1.32 bits per heavy atom. The number of nitrogens with zero attached hydrogens (tertiary/aromatic N) is 3. The second kappa shape index (κ2) is 8.28. The minimum absolute atomic E-state index is 0.0163. The topological polar surface area (TPSA) is 67.4 Å². The molecule has 0 saturated carbocycles. The van der Waals surface area contributed by atoms with Crippen molar-refractivity contribution in [3.05, 3.63) is 61.1 Å². The van der Waals surface area contributed by atoms with Crippen LogP contribution in [0.2, 0.25) is 0 Å². The van der Waals surface area contributed by atoms with E-state index in [-0.39, 0.29) is 12.0 Å². The molecule has 0 aliphatic carbocycles. The Kier molecular flexibility index (Phi) is 5.61. The molecule has 0 aromatic carbocycles. The number of aromatic nitrogens is 2. The van der Waals surface area contributed by atoms with Gasteiger partial charge in [-0.25, -0.2) is 4.98 Å². The maximum Gasteiger partial charge on any atom is 0.255 e. The van der Waals surface area contributed by atoms with E-state index < -0.39 is 0 Å². The molecule has 2 aromatic rings. The largest absolute Gasteiger partial charge is 0.489 e. The highest BCUT2D eigenvalue weighted by Crippen LogP contribution is 2.19. The van der Waals surface area contributed by atoms with Gasteiger partial charge in [0.25, 0.3) is 5.91 Å². The molecule has 0 radical (unpaired) electrons. The van der Waals surface area contributed by atoms with E-state index in [0.717, 1.165) is 24.4 Å². The Morgan fingerprint density at radius 2 is 2.16 bits per heavy atom. The lowest BCUT2D eigenvalue weighted by Gasteiger charge is -2.32. The fraction of sp³-hybridized carbons (Fsp3) is 0.316. The third-order valence-electron chi connectivity index (χ3n) is 4.10. The van der Waals surface area contributed by atoms with Gasteiger partial charge in [-0.3, -0.25) is 9.78 Å². The van der Waals surface area contributed by atoms with E-state index in [0.29, 0.717) is 25.2 Å². The fourth-order valence-electron chi connectivity index (χ4n) is 2.77. The van der Waals surface area contributed by atoms with Crippen molar-refractivity contribution in [2.45, 2.75) is 18.9 Å². The van der Waals surface area contributed by atoms with Crippen LogP contribution in [0.15, 0.2) is 55.5 Å². The van der Waals surface area contributed by atoms with Crippen molar-refractivity contribution in [2.75, 3.05) is 25.0 Å². The van der Waals surface area contributed by atoms with Crippen LogP contribution < -0.4 is 10.1 Å². The lowest BCUT2D eigenvalue weighted by atomic mass is 10.1. The second-order valence-electron chi connectivity index (χ2n) is 5.90. The van der Waals surface area contributed by atoms with Gasteiger partial charge in [0.2, 0.25) is 0 Å². The van der Waals surface area contributed by atoms with Crippen LogP contribution in [0.25, 0.3) is 0 Å². The molecule has 130 valence electrons. The van der Waals surface area contributed by atoms with E-state index >= 15 is 0 Å². The van der Waals surface area contributed by atoms with Crippen molar-refractivity contribution in [1.29, 1.82) is 0 Å². The molecule has 1 N–H and O–H groups in total. The Morgan fingerprint density at radius 3 is 2.80 bits per heavy atom. The molecule has 3 heterocycles. The molecule has 6 nitrogen and oxygen atoms in total. The summed E-state index contributed by atoms with van der Waals surface area (Å²) in [7, 11) is 0. The zero-order valence-electron chi connectivity index (χ0n) is 14.1. The van der Waals surface area contributed by atoms with Crippen molar-refractivity contribution in [1.82, 2.24) is 14.9 Å². The summed E-state index contributed by atoms with van der Waals surface area (Å²) in [5.41, 5.74) is 0.607. The highest BCUT2D eigenvalue weighted by Gasteiger charge is 2.24. The van der Waals surface area contributed by atoms with Gasteiger partial charge >= 0.3 is 0 Å². The lowest BCUT2D eigenvalue weighted by molar-refractivity contribution is 0.0594. The van der Waals surface area contributed by atoms with Crippen molar-refractivity contribution in [3.8, 4) is 5.75 Å². The molecular weight excluding hydrogens is 316 g/mol. The van der Waals surface area contributed by atoms with Gasteiger partial charge in [0.15, 0.2) is 0 Å². The van der Waals surface area contributed by atoms with E-state index in [1.807, 2.05) is 23.1 Å². The van der Waals surface area contributed by atoms with Crippen molar-refractivity contribution in [3.63, 3.8) is 0 Å². The minimum atomic E-state index is 0.0163. The van der Waals surface area contributed by atoms with Gasteiger partial charge in [0.1, 0.15) is 17.7 Å². The summed E-state index contributed by atoms with van der Waals surface area (Å²) in [4.78, 5) is 22.8. The summed E-state index contributed by atoms with van der Waals surface area (Å²) in [6.07, 6.45) is 8.56. The van der Waals surface area contributed by atoms with Gasteiger partial charge in [-0.15, -0.1) is 6.58 Å². The number of ether oxygens (including phenoxy) is 1. The number of hydrogen-bond donors (Lipinski definition) is 1. The number of likely N-dealkylation sites (tertiary alicyclic amines) is 1. The summed E-state index contributed by atoms with van der Waals surface area (Å²) in [6.45, 7) is 5.66. The van der Waals surface area contributed by atoms with E-state index in [1.165, 1.54) is 0 Å². The van der Waals surface area contributed by atoms with Crippen LogP contribution in [0, 0.1) is 0 Å².